The van der Waals surface area contributed by atoms with E-state index in [4.69, 9.17) is 9.47 Å². The third-order valence-corrected chi connectivity index (χ3v) is 4.49. The molecule has 2 rings (SSSR count). The Hall–Kier alpha value is -1.63. The van der Waals surface area contributed by atoms with Crippen LogP contribution in [0.4, 0.5) is 0 Å². The number of carbonyl (C=O) groups excluding carboxylic acids is 1. The molecule has 2 unspecified atom stereocenters. The predicted molar refractivity (Wildman–Crippen MR) is 94.7 cm³/mol. The highest BCUT2D eigenvalue weighted by molar-refractivity contribution is 5.94. The van der Waals surface area contributed by atoms with Gasteiger partial charge in [0.1, 0.15) is 12.4 Å². The Balaban J connectivity index is 1.94. The average Bonchev–Trinajstić information content (AvgIpc) is 2.57. The molecule has 0 spiro atoms. The third-order valence-electron chi connectivity index (χ3n) is 4.49. The predicted octanol–water partition coefficient (Wildman–Crippen LogP) is 1.08. The largest absolute Gasteiger partial charge is 0.491 e. The van der Waals surface area contributed by atoms with Crippen LogP contribution in [0.1, 0.15) is 17.3 Å². The zero-order valence-electron chi connectivity index (χ0n) is 15.1. The van der Waals surface area contributed by atoms with E-state index in [1.165, 1.54) is 0 Å². The molecule has 0 aliphatic carbocycles. The molecule has 6 heteroatoms. The first-order valence-electron chi connectivity index (χ1n) is 8.42. The Morgan fingerprint density at radius 1 is 1.33 bits per heavy atom. The van der Waals surface area contributed by atoms with Crippen molar-refractivity contribution in [1.29, 1.82) is 0 Å². The van der Waals surface area contributed by atoms with Gasteiger partial charge in [0, 0.05) is 44.4 Å². The van der Waals surface area contributed by atoms with Crippen LogP contribution in [0.2, 0.25) is 0 Å². The fraction of sp³-hybridized carbons (Fsp3) is 0.611. The number of hydrogen-bond donors (Lipinski definition) is 1. The van der Waals surface area contributed by atoms with Gasteiger partial charge in [-0.1, -0.05) is 6.07 Å². The van der Waals surface area contributed by atoms with E-state index in [1.54, 1.807) is 13.2 Å². The van der Waals surface area contributed by atoms with E-state index >= 15 is 0 Å². The normalized spacial score (nSPS) is 20.6. The van der Waals surface area contributed by atoms with Crippen LogP contribution in [0.15, 0.2) is 24.3 Å². The van der Waals surface area contributed by atoms with E-state index in [0.717, 1.165) is 19.6 Å². The van der Waals surface area contributed by atoms with E-state index < -0.39 is 0 Å². The van der Waals surface area contributed by atoms with E-state index in [1.807, 2.05) is 18.2 Å². The van der Waals surface area contributed by atoms with Crippen LogP contribution in [0.25, 0.3) is 0 Å². The second-order valence-corrected chi connectivity index (χ2v) is 6.44. The number of benzene rings is 1. The van der Waals surface area contributed by atoms with Gasteiger partial charge in [0.05, 0.1) is 6.61 Å². The molecule has 0 aromatic heterocycles. The zero-order chi connectivity index (χ0) is 17.5. The molecule has 1 saturated heterocycles. The van der Waals surface area contributed by atoms with Gasteiger partial charge in [0.25, 0.3) is 5.91 Å². The molecule has 1 heterocycles. The number of nitrogens with one attached hydrogen (secondary N) is 1. The summed E-state index contributed by atoms with van der Waals surface area (Å²) < 4.78 is 10.5. The van der Waals surface area contributed by atoms with Crippen molar-refractivity contribution in [3.05, 3.63) is 29.8 Å². The quantitative estimate of drug-likeness (QED) is 0.756. The van der Waals surface area contributed by atoms with E-state index in [2.05, 4.69) is 36.1 Å². The number of nitrogens with zero attached hydrogens (tertiary/aromatic N) is 2. The number of carbonyl (C=O) groups is 1. The summed E-state index contributed by atoms with van der Waals surface area (Å²) in [5.41, 5.74) is 0.614. The summed E-state index contributed by atoms with van der Waals surface area (Å²) in [6.07, 6.45) is 0. The Kier molecular flexibility index (Phi) is 7.02. The van der Waals surface area contributed by atoms with Gasteiger partial charge < -0.3 is 19.7 Å². The third kappa shape index (κ3) is 5.19. The molecule has 1 N–H and O–H groups in total. The lowest BCUT2D eigenvalue weighted by atomic mass is 10.0. The fourth-order valence-corrected chi connectivity index (χ4v) is 2.94. The summed E-state index contributed by atoms with van der Waals surface area (Å²) in [5.74, 6) is 0.614. The number of hydrogen-bond acceptors (Lipinski definition) is 5. The summed E-state index contributed by atoms with van der Waals surface area (Å²) in [6, 6.07) is 7.65. The number of amides is 1. The maximum Gasteiger partial charge on any atom is 0.251 e. The molecule has 0 bridgehead atoms. The summed E-state index contributed by atoms with van der Waals surface area (Å²) in [7, 11) is 5.87. The van der Waals surface area contributed by atoms with Gasteiger partial charge in [-0.3, -0.25) is 9.69 Å². The summed E-state index contributed by atoms with van der Waals surface area (Å²) in [4.78, 5) is 17.2. The van der Waals surface area contributed by atoms with Crippen LogP contribution in [0.3, 0.4) is 0 Å². The van der Waals surface area contributed by atoms with Gasteiger partial charge >= 0.3 is 0 Å². The minimum atomic E-state index is -0.0682. The molecule has 1 aromatic carbocycles. The number of likely N-dealkylation sites (N-methyl/N-ethyl adjacent to an activating group) is 2. The second kappa shape index (κ2) is 9.01. The van der Waals surface area contributed by atoms with E-state index in [0.29, 0.717) is 30.6 Å². The van der Waals surface area contributed by atoms with Crippen molar-refractivity contribution in [2.45, 2.75) is 19.0 Å². The topological polar surface area (TPSA) is 54.0 Å². The maximum absolute atomic E-state index is 12.5. The molecule has 1 amide bonds. The van der Waals surface area contributed by atoms with Gasteiger partial charge in [0.2, 0.25) is 0 Å². The van der Waals surface area contributed by atoms with Gasteiger partial charge in [0.15, 0.2) is 0 Å². The van der Waals surface area contributed by atoms with E-state index in [-0.39, 0.29) is 11.9 Å². The highest BCUT2D eigenvalue weighted by Crippen LogP contribution is 2.15. The van der Waals surface area contributed by atoms with Gasteiger partial charge in [-0.2, -0.15) is 0 Å². The Morgan fingerprint density at radius 3 is 2.88 bits per heavy atom. The maximum atomic E-state index is 12.5. The number of rotatable bonds is 7. The van der Waals surface area contributed by atoms with Crippen molar-refractivity contribution >= 4 is 5.91 Å². The molecule has 1 aliphatic rings. The molecule has 24 heavy (non-hydrogen) atoms. The smallest absolute Gasteiger partial charge is 0.251 e. The summed E-state index contributed by atoms with van der Waals surface area (Å²) in [5, 5.41) is 3.12. The van der Waals surface area contributed by atoms with Crippen molar-refractivity contribution < 1.29 is 14.3 Å². The number of methoxy groups -OCH3 is 1. The first-order valence-corrected chi connectivity index (χ1v) is 8.42. The zero-order valence-corrected chi connectivity index (χ0v) is 15.1. The molecule has 1 aromatic rings. The monoisotopic (exact) mass is 335 g/mol. The average molecular weight is 335 g/mol. The molecule has 0 radical (unpaired) electrons. The van der Waals surface area contributed by atoms with Gasteiger partial charge in [-0.25, -0.2) is 0 Å². The van der Waals surface area contributed by atoms with Crippen LogP contribution >= 0.6 is 0 Å². The van der Waals surface area contributed by atoms with Gasteiger partial charge in [-0.15, -0.1) is 0 Å². The lowest BCUT2D eigenvalue weighted by molar-refractivity contribution is 0.0771. The summed E-state index contributed by atoms with van der Waals surface area (Å²) >= 11 is 0. The first-order chi connectivity index (χ1) is 11.5. The first kappa shape index (κ1) is 18.7. The number of piperazine rings is 1. The number of ether oxygens (including phenoxy) is 2. The Bertz CT molecular complexity index is 538. The molecule has 1 fully saturated rings. The fourth-order valence-electron chi connectivity index (χ4n) is 2.94. The SMILES string of the molecule is COCCOc1cccc(C(=O)NC(C)C2CN(C)CCN2C)c1. The minimum absolute atomic E-state index is 0.0682. The van der Waals surface area contributed by atoms with Crippen LogP contribution in [-0.4, -0.2) is 81.8 Å². The van der Waals surface area contributed by atoms with Crippen LogP contribution in [0.5, 0.6) is 5.75 Å². The van der Waals surface area contributed by atoms with Crippen LogP contribution < -0.4 is 10.1 Å². The van der Waals surface area contributed by atoms with Crippen molar-refractivity contribution in [3.8, 4) is 5.75 Å². The van der Waals surface area contributed by atoms with Crippen molar-refractivity contribution in [3.63, 3.8) is 0 Å². The highest BCUT2D eigenvalue weighted by Gasteiger charge is 2.28. The van der Waals surface area contributed by atoms with Crippen LogP contribution in [-0.2, 0) is 4.74 Å². The van der Waals surface area contributed by atoms with E-state index in [9.17, 15) is 4.79 Å². The highest BCUT2D eigenvalue weighted by atomic mass is 16.5. The molecular formula is C18H29N3O3. The molecule has 0 saturated carbocycles. The molecular weight excluding hydrogens is 306 g/mol. The van der Waals surface area contributed by atoms with Crippen LogP contribution in [0, 0.1) is 0 Å². The lowest BCUT2D eigenvalue weighted by Gasteiger charge is -2.41. The molecule has 134 valence electrons. The molecule has 2 atom stereocenters. The Labute approximate surface area is 144 Å². The molecule has 1 aliphatic heterocycles. The summed E-state index contributed by atoms with van der Waals surface area (Å²) in [6.45, 7) is 6.10. The van der Waals surface area contributed by atoms with Crippen molar-refractivity contribution in [2.24, 2.45) is 0 Å². The lowest BCUT2D eigenvalue weighted by Crippen LogP contribution is -2.58. The second-order valence-electron chi connectivity index (χ2n) is 6.44. The Morgan fingerprint density at radius 2 is 2.12 bits per heavy atom. The van der Waals surface area contributed by atoms with Gasteiger partial charge in [-0.05, 0) is 39.2 Å². The standard InChI is InChI=1S/C18H29N3O3/c1-14(17-13-20(2)8-9-21(17)3)19-18(22)15-6-5-7-16(12-15)24-11-10-23-4/h5-7,12,14,17H,8-11,13H2,1-4H3,(H,19,22). The van der Waals surface area contributed by atoms with Crippen molar-refractivity contribution in [2.75, 3.05) is 54.1 Å². The van der Waals surface area contributed by atoms with Crippen molar-refractivity contribution in [1.82, 2.24) is 15.1 Å². The molecule has 6 nitrogen and oxygen atoms in total. The minimum Gasteiger partial charge on any atom is -0.491 e.